The van der Waals surface area contributed by atoms with Crippen molar-refractivity contribution in [2.45, 2.75) is 233 Å². The highest BCUT2D eigenvalue weighted by atomic mass is 35.5. The van der Waals surface area contributed by atoms with Crippen molar-refractivity contribution in [3.8, 4) is 57.1 Å². The van der Waals surface area contributed by atoms with Crippen molar-refractivity contribution < 1.29 is 131 Å². The minimum atomic E-state index is -3.84. The van der Waals surface area contributed by atoms with Gasteiger partial charge in [0.25, 0.3) is 0 Å². The highest BCUT2D eigenvalue weighted by Crippen LogP contribution is 2.51. The van der Waals surface area contributed by atoms with E-state index in [1.165, 1.54) is 32.0 Å². The molecule has 2 saturated heterocycles. The lowest BCUT2D eigenvalue weighted by Gasteiger charge is -2.47. The summed E-state index contributed by atoms with van der Waals surface area (Å²) in [6.45, 7) is 9.65. The molecule has 38 heteroatoms. The number of hydrogen-bond donors (Lipinski definition) is 17. The molecule has 0 unspecified atom stereocenters. The largest absolute Gasteiger partial charge is 0.507 e. The summed E-state index contributed by atoms with van der Waals surface area (Å²) in [6.07, 6.45) is -15.2. The number of halogens is 2. The first-order valence-corrected chi connectivity index (χ1v) is 43.6. The van der Waals surface area contributed by atoms with E-state index in [9.17, 15) is 73.6 Å². The summed E-state index contributed by atoms with van der Waals surface area (Å²) in [7, 11) is -3.84. The summed E-state index contributed by atoms with van der Waals surface area (Å²) in [5.41, 5.74) is 9.28. The average Bonchev–Trinajstić information content (AvgIpc) is 0.764. The van der Waals surface area contributed by atoms with E-state index in [2.05, 4.69) is 38.2 Å². The maximum Gasteiger partial charge on any atom is 0.412 e. The Bertz CT molecular complexity index is 5100. The zero-order chi connectivity index (χ0) is 90.8. The van der Waals surface area contributed by atoms with Crippen LogP contribution in [0.15, 0.2) is 108 Å². The zero-order valence-electron chi connectivity index (χ0n) is 69.4. The van der Waals surface area contributed by atoms with Gasteiger partial charge in [0.05, 0.1) is 45.6 Å². The van der Waals surface area contributed by atoms with E-state index in [1.807, 2.05) is 13.8 Å². The number of hydrogen-bond acceptors (Lipinski definition) is 27. The summed E-state index contributed by atoms with van der Waals surface area (Å²) >= 11 is 14.3. The molecule has 0 spiro atoms. The molecule has 6 aromatic carbocycles. The molecule has 125 heavy (non-hydrogen) atoms. The van der Waals surface area contributed by atoms with E-state index in [1.54, 1.807) is 31.2 Å². The lowest BCUT2D eigenvalue weighted by atomic mass is 9.84. The third-order valence-electron chi connectivity index (χ3n) is 22.8. The van der Waals surface area contributed by atoms with Crippen LogP contribution < -0.4 is 61.7 Å². The number of carbonyl (C=O) groups is 9. The van der Waals surface area contributed by atoms with Gasteiger partial charge in [0.2, 0.25) is 51.6 Å². The van der Waals surface area contributed by atoms with Crippen LogP contribution in [0, 0.1) is 17.8 Å². The van der Waals surface area contributed by atoms with Crippen LogP contribution in [-0.2, 0) is 69.0 Å². The number of amides is 6. The Labute approximate surface area is 730 Å². The first-order chi connectivity index (χ1) is 59.3. The quantitative estimate of drug-likeness (QED) is 0.0227. The monoisotopic (exact) mass is 1800 g/mol. The number of carboxylic acids is 1. The molecule has 19 N–H and O–H groups in total. The fourth-order valence-corrected chi connectivity index (χ4v) is 17.5. The molecule has 35 nitrogen and oxygen atoms in total. The van der Waals surface area contributed by atoms with Crippen LogP contribution in [-0.4, -0.2) is 194 Å². The van der Waals surface area contributed by atoms with Gasteiger partial charge in [-0.15, -0.1) is 0 Å². The number of unbranched alkanes of at least 4 members (excludes halogenated alkanes) is 5. The van der Waals surface area contributed by atoms with E-state index in [-0.39, 0.29) is 64.2 Å². The Morgan fingerprint density at radius 1 is 0.704 bits per heavy atom. The van der Waals surface area contributed by atoms with Crippen LogP contribution in [0.4, 0.5) is 4.79 Å². The predicted octanol–water partition coefficient (Wildman–Crippen LogP) is 7.17. The van der Waals surface area contributed by atoms with E-state index in [4.69, 9.17) is 67.8 Å². The number of phenols is 2. The lowest BCUT2D eigenvalue weighted by molar-refractivity contribution is -0.333. The number of carbonyl (C=O) groups excluding carboxylic acids is 8. The van der Waals surface area contributed by atoms with Crippen molar-refractivity contribution in [3.05, 3.63) is 147 Å². The number of aliphatic carboxylic acids is 1. The van der Waals surface area contributed by atoms with Gasteiger partial charge >= 0.3 is 12.1 Å². The Balaban J connectivity index is 1.02. The number of aliphatic hydroxyl groups excluding tert-OH is 6. The molecule has 6 amide bonds. The number of rotatable bonds is 27. The number of ether oxygens (including phenoxy) is 7. The fourth-order valence-electron chi connectivity index (χ4n) is 15.9. The van der Waals surface area contributed by atoms with E-state index in [0.717, 1.165) is 98.3 Å². The topological polar surface area (TPSA) is 559 Å². The molecular weight excluding hydrogens is 1690 g/mol. The van der Waals surface area contributed by atoms with Gasteiger partial charge in [0, 0.05) is 73.0 Å². The second-order valence-corrected chi connectivity index (χ2v) is 35.4. The number of benzene rings is 6. The molecule has 18 atom stereocenters. The van der Waals surface area contributed by atoms with Gasteiger partial charge in [-0.2, -0.15) is 0 Å². The van der Waals surface area contributed by atoms with E-state index >= 15 is 24.0 Å². The molecule has 13 rings (SSSR count). The molecule has 0 aromatic heterocycles. The molecule has 2 fully saturated rings. The van der Waals surface area contributed by atoms with Crippen molar-refractivity contribution >= 4 is 86.4 Å². The van der Waals surface area contributed by atoms with Gasteiger partial charge in [0.15, 0.2) is 41.5 Å². The van der Waals surface area contributed by atoms with Crippen molar-refractivity contribution in [1.82, 2.24) is 31.3 Å². The Hall–Kier alpha value is -10.2. The number of aromatic hydroxyl groups is 2. The third-order valence-corrected chi connectivity index (χ3v) is 24.8. The molecule has 11 bridgehead atoms. The van der Waals surface area contributed by atoms with Gasteiger partial charge in [0.1, 0.15) is 77.4 Å². The summed E-state index contributed by atoms with van der Waals surface area (Å²) in [5, 5.41) is 118. The minimum Gasteiger partial charge on any atom is -0.507 e. The number of fused-ring (bicyclic) bond motifs is 15. The lowest BCUT2D eigenvalue weighted by Crippen LogP contribution is -2.64. The number of ketones is 2. The van der Waals surface area contributed by atoms with Gasteiger partial charge < -0.3 is 117 Å². The average molecular weight is 1800 g/mol. The number of nitrogens with two attached hydrogens (primary N) is 2. The van der Waals surface area contributed by atoms with Crippen molar-refractivity contribution in [2.24, 2.45) is 29.2 Å². The number of Topliss-reactive ketones (excluding diaryl/α,β-unsaturated/α-hetero) is 2. The molecule has 0 aliphatic carbocycles. The second-order valence-electron chi connectivity index (χ2n) is 32.8. The molecule has 6 aromatic rings. The summed E-state index contributed by atoms with van der Waals surface area (Å²) < 4.78 is 73.1. The predicted molar refractivity (Wildman–Crippen MR) is 449 cm³/mol. The highest BCUT2D eigenvalue weighted by Gasteiger charge is 2.52. The summed E-state index contributed by atoms with van der Waals surface area (Å²) in [5.74, 6) is -19.5. The van der Waals surface area contributed by atoms with Crippen LogP contribution in [0.5, 0.6) is 46.0 Å². The van der Waals surface area contributed by atoms with Crippen molar-refractivity contribution in [1.29, 1.82) is 0 Å². The summed E-state index contributed by atoms with van der Waals surface area (Å²) in [4.78, 5) is 134. The Morgan fingerprint density at radius 2 is 1.35 bits per heavy atom. The maximum absolute atomic E-state index is 16.4. The number of phenolic OH excluding ortho intramolecular Hbond substituents is 2. The van der Waals surface area contributed by atoms with Crippen LogP contribution in [0.25, 0.3) is 11.1 Å². The molecule has 0 saturated carbocycles. The highest BCUT2D eigenvalue weighted by molar-refractivity contribution is 7.89. The first kappa shape index (κ1) is 95.5. The maximum atomic E-state index is 16.4. The zero-order valence-corrected chi connectivity index (χ0v) is 71.7. The Morgan fingerprint density at radius 3 is 1.97 bits per heavy atom. The number of aryl methyl sites for hydroxylation is 1. The normalized spacial score (nSPS) is 26.2. The van der Waals surface area contributed by atoms with Crippen molar-refractivity contribution in [3.63, 3.8) is 0 Å². The standard InChI is InChI=1S/C87H106Cl2N8O27S/c1-7-9-10-12-15-43-16-21-51(22-17-43)125(116,117)93-27-14-11-13-26-92-86(115)119-50-36-54-68(58(100)37-50)53-29-45(18-23-57(53)99)52-38-60(102)69-48-33-63(120-61-24-19-46(30-55(61)88)73(104)71(96-80(109)44(8-2)28-41(3)4)59(101)32-49(35-66(90)103)81(110)94-69)77(124-85-78(76(107)75(106)65(40-98)122-85)123-67-39-87(6,91)79(108)42(5)118-67)64(34-48)121-62-25-20-47(31-56(62)89)74(105)72(97-82(52)111)83(112)95-70(54)84(113)114/h16-25,29-31,33-34,36-37,41-42,44,49,52,65,67,69-76,78-79,85,93,98-100,104-108H,7-15,26-28,32,35,38-40,91H2,1-6H3,(H2,90,103)(H,92,115)(H,94,110)(H,95,112)(H,96,109)(H,97,111)(H,113,114)/t42-,44+,49-,52+,65+,67-,69+,70-,71-,72-,73+,74+,75+,76-,78+,79+,85-,87-/m0/s1. The van der Waals surface area contributed by atoms with Crippen LogP contribution in [0.3, 0.4) is 0 Å². The van der Waals surface area contributed by atoms with Crippen molar-refractivity contribution in [2.75, 3.05) is 19.7 Å². The van der Waals surface area contributed by atoms with E-state index in [0.29, 0.717) is 25.7 Å². The number of carboxylic acid groups (broad SMARTS) is 1. The molecule has 7 aliphatic heterocycles. The molecule has 676 valence electrons. The Kier molecular flexibility index (Phi) is 31.7. The summed E-state index contributed by atoms with van der Waals surface area (Å²) in [6, 6.07) is 12.0. The number of nitrogens with one attached hydrogen (secondary N) is 6. The SMILES string of the molecule is CCCCCCc1ccc(S(=O)(=O)NCCCCCNC(=O)Oc2cc(O)c3c(c2)[C@@H](C(=O)O)NC(=O)[C@H]2NC(=O)[C@H](CC(=O)[C@@H]4NC(=O)[C@H](CC(N)=O)CC(=O)[C@H](NC(=O)[C@H](CC)CC(C)C)[C@H](O)c5ccc(c(Cl)c5)Oc5cc4cc(c5O[C@@H]4O[C@H](CO)[C@@H](O)[C@H](O)[C@H]4O[C@H]4C[C@](C)(N)[C@H](O)[C@H](C)O4)Oc4ccc(cc4Cl)[C@H]2O)c2ccc(O)c-3c2)cc1. The smallest absolute Gasteiger partial charge is 0.412 e. The minimum absolute atomic E-state index is 0.0320. The van der Waals surface area contributed by atoms with Gasteiger partial charge in [-0.25, -0.2) is 22.7 Å². The molecule has 0 radical (unpaired) electrons. The van der Waals surface area contributed by atoms with E-state index < -0.39 is 265 Å². The van der Waals surface area contributed by atoms with Crippen LogP contribution >= 0.6 is 23.2 Å². The molecule has 7 heterocycles. The van der Waals surface area contributed by atoms with Gasteiger partial charge in [-0.1, -0.05) is 107 Å². The second kappa shape index (κ2) is 41.5. The number of sulfonamides is 1. The molecule has 7 aliphatic rings. The van der Waals surface area contributed by atoms with Crippen LogP contribution in [0.1, 0.15) is 189 Å². The third kappa shape index (κ3) is 23.0. The van der Waals surface area contributed by atoms with Gasteiger partial charge in [-0.05, 0) is 153 Å². The fraction of sp³-hybridized carbons (Fsp3) is 0.483. The van der Waals surface area contributed by atoms with Crippen LogP contribution in [0.2, 0.25) is 10.0 Å². The van der Waals surface area contributed by atoms with Gasteiger partial charge in [-0.3, -0.25) is 33.6 Å². The number of primary amides is 1. The molecular formula is C87H106Cl2N8O27S. The first-order valence-electron chi connectivity index (χ1n) is 41.4. The number of aliphatic hydroxyl groups is 6.